The highest BCUT2D eigenvalue weighted by atomic mass is 19.4. The first-order valence-electron chi connectivity index (χ1n) is 7.63. The van der Waals surface area contributed by atoms with Gasteiger partial charge in [-0.05, 0) is 30.3 Å². The third kappa shape index (κ3) is 3.59. The van der Waals surface area contributed by atoms with E-state index in [1.807, 2.05) is 0 Å². The van der Waals surface area contributed by atoms with Gasteiger partial charge in [-0.25, -0.2) is 14.5 Å². The fraction of sp³-hybridized carbons (Fsp3) is 0.176. The molecule has 0 aliphatic heterocycles. The van der Waals surface area contributed by atoms with E-state index in [1.54, 1.807) is 0 Å². The lowest BCUT2D eigenvalue weighted by Crippen LogP contribution is -2.17. The highest BCUT2D eigenvalue weighted by molar-refractivity contribution is 5.61. The van der Waals surface area contributed by atoms with Crippen LogP contribution in [0.15, 0.2) is 47.3 Å². The third-order valence-electron chi connectivity index (χ3n) is 3.89. The van der Waals surface area contributed by atoms with Crippen molar-refractivity contribution >= 4 is 0 Å². The highest BCUT2D eigenvalue weighted by Crippen LogP contribution is 2.35. The Morgan fingerprint density at radius 3 is 2.04 bits per heavy atom. The summed E-state index contributed by atoms with van der Waals surface area (Å²) in [5, 5.41) is 5.82. The molecule has 0 radical (unpaired) electrons. The number of methoxy groups -OCH3 is 1. The van der Waals surface area contributed by atoms with Crippen LogP contribution in [0.5, 0.6) is 5.75 Å². The average molecular weight is 403 g/mol. The predicted molar refractivity (Wildman–Crippen MR) is 86.2 cm³/mol. The fourth-order valence-electron chi connectivity index (χ4n) is 2.56. The summed E-state index contributed by atoms with van der Waals surface area (Å²) in [4.78, 5) is 12.2. The second-order valence-electron chi connectivity index (χ2n) is 5.65. The van der Waals surface area contributed by atoms with Gasteiger partial charge in [0.25, 0.3) is 0 Å². The van der Waals surface area contributed by atoms with E-state index >= 15 is 0 Å². The van der Waals surface area contributed by atoms with E-state index in [0.717, 1.165) is 41.0 Å². The average Bonchev–Trinajstić information content (AvgIpc) is 3.01. The largest absolute Gasteiger partial charge is 0.495 e. The Morgan fingerprint density at radius 1 is 0.929 bits per heavy atom. The summed E-state index contributed by atoms with van der Waals surface area (Å²) in [7, 11) is 1.20. The fourth-order valence-corrected chi connectivity index (χ4v) is 2.56. The van der Waals surface area contributed by atoms with Crippen molar-refractivity contribution in [3.05, 3.63) is 64.1 Å². The molecule has 1 aromatic heterocycles. The van der Waals surface area contributed by atoms with Crippen LogP contribution in [0.1, 0.15) is 11.1 Å². The van der Waals surface area contributed by atoms with Gasteiger partial charge in [-0.3, -0.25) is 0 Å². The second kappa shape index (κ2) is 6.73. The van der Waals surface area contributed by atoms with Gasteiger partial charge in [0.05, 0.1) is 23.9 Å². The molecule has 3 aromatic rings. The van der Waals surface area contributed by atoms with Crippen LogP contribution in [0.2, 0.25) is 0 Å². The quantitative estimate of drug-likeness (QED) is 0.665. The molecule has 3 rings (SSSR count). The van der Waals surface area contributed by atoms with Gasteiger partial charge < -0.3 is 4.74 Å². The van der Waals surface area contributed by atoms with Gasteiger partial charge in [0.15, 0.2) is 5.82 Å². The van der Waals surface area contributed by atoms with E-state index in [2.05, 4.69) is 10.2 Å². The lowest BCUT2D eigenvalue weighted by atomic mass is 10.1. The Kier molecular flexibility index (Phi) is 4.69. The number of H-pyrrole nitrogens is 1. The molecule has 0 spiro atoms. The van der Waals surface area contributed by atoms with Gasteiger partial charge in [0.1, 0.15) is 5.75 Å². The Hall–Kier alpha value is -3.24. The van der Waals surface area contributed by atoms with E-state index in [-0.39, 0.29) is 22.8 Å². The van der Waals surface area contributed by atoms with Crippen LogP contribution >= 0.6 is 0 Å². The van der Waals surface area contributed by atoms with Crippen LogP contribution in [0.25, 0.3) is 17.1 Å². The molecule has 28 heavy (non-hydrogen) atoms. The molecule has 0 bridgehead atoms. The first-order valence-corrected chi connectivity index (χ1v) is 7.63. The van der Waals surface area contributed by atoms with E-state index < -0.39 is 29.2 Å². The molecule has 5 nitrogen and oxygen atoms in total. The van der Waals surface area contributed by atoms with Crippen LogP contribution in [0, 0.1) is 0 Å². The molecule has 0 aliphatic carbocycles. The maximum absolute atomic E-state index is 13.1. The highest BCUT2D eigenvalue weighted by Gasteiger charge is 2.32. The van der Waals surface area contributed by atoms with E-state index in [1.165, 1.54) is 7.11 Å². The van der Waals surface area contributed by atoms with E-state index in [0.29, 0.717) is 6.07 Å². The number of benzene rings is 2. The SMILES string of the molecule is COc1ccc(C(F)(F)F)cc1-n1c(-c2ccc(C(F)(F)F)cc2)n[nH]c1=O. The van der Waals surface area contributed by atoms with Crippen molar-refractivity contribution in [3.63, 3.8) is 0 Å². The summed E-state index contributed by atoms with van der Waals surface area (Å²) in [5.41, 5.74) is -3.00. The van der Waals surface area contributed by atoms with Gasteiger partial charge in [-0.2, -0.15) is 31.4 Å². The van der Waals surface area contributed by atoms with Crippen molar-refractivity contribution in [1.29, 1.82) is 0 Å². The molecular weight excluding hydrogens is 392 g/mol. The molecule has 0 saturated heterocycles. The minimum Gasteiger partial charge on any atom is -0.495 e. The zero-order valence-corrected chi connectivity index (χ0v) is 14.0. The zero-order chi connectivity index (χ0) is 20.7. The van der Waals surface area contributed by atoms with Crippen LogP contribution in [0.3, 0.4) is 0 Å². The van der Waals surface area contributed by atoms with Crippen molar-refractivity contribution in [1.82, 2.24) is 14.8 Å². The van der Waals surface area contributed by atoms with Crippen LogP contribution in [-0.2, 0) is 12.4 Å². The smallest absolute Gasteiger partial charge is 0.416 e. The normalized spacial score (nSPS) is 12.2. The van der Waals surface area contributed by atoms with Crippen molar-refractivity contribution in [2.75, 3.05) is 7.11 Å². The monoisotopic (exact) mass is 403 g/mol. The summed E-state index contributed by atoms with van der Waals surface area (Å²) in [6, 6.07) is 6.21. The number of aromatic nitrogens is 3. The maximum Gasteiger partial charge on any atom is 0.416 e. The molecular formula is C17H11F6N3O2. The Bertz CT molecular complexity index is 1050. The molecule has 1 N–H and O–H groups in total. The van der Waals surface area contributed by atoms with E-state index in [4.69, 9.17) is 4.74 Å². The van der Waals surface area contributed by atoms with Gasteiger partial charge in [-0.15, -0.1) is 0 Å². The molecule has 0 fully saturated rings. The van der Waals surface area contributed by atoms with Gasteiger partial charge in [0, 0.05) is 5.56 Å². The molecule has 0 unspecified atom stereocenters. The summed E-state index contributed by atoms with van der Waals surface area (Å²) in [6.45, 7) is 0. The van der Waals surface area contributed by atoms with Crippen molar-refractivity contribution in [2.45, 2.75) is 12.4 Å². The molecule has 0 amide bonds. The van der Waals surface area contributed by atoms with Crippen LogP contribution in [0.4, 0.5) is 26.3 Å². The minimum absolute atomic E-state index is 0.0512. The molecule has 0 aliphatic rings. The standard InChI is InChI=1S/C17H11F6N3O2/c1-28-13-7-6-11(17(21,22)23)8-12(13)26-14(24-25-15(26)27)9-2-4-10(5-3-9)16(18,19)20/h2-8H,1H3,(H,25,27). The first-order chi connectivity index (χ1) is 13.0. The molecule has 0 saturated carbocycles. The summed E-state index contributed by atoms with van der Waals surface area (Å²) in [6.07, 6.45) is -9.24. The zero-order valence-electron chi connectivity index (χ0n) is 14.0. The summed E-state index contributed by atoms with van der Waals surface area (Å²) in [5.74, 6) is -0.221. The molecule has 148 valence electrons. The molecule has 2 aromatic carbocycles. The number of ether oxygens (including phenoxy) is 1. The van der Waals surface area contributed by atoms with Gasteiger partial charge in [-0.1, -0.05) is 12.1 Å². The Labute approximate surface area is 153 Å². The predicted octanol–water partition coefficient (Wildman–Crippen LogP) is 4.27. The molecule has 0 atom stereocenters. The minimum atomic E-state index is -4.68. The van der Waals surface area contributed by atoms with Gasteiger partial charge >= 0.3 is 18.0 Å². The number of nitrogens with zero attached hydrogens (tertiary/aromatic N) is 2. The van der Waals surface area contributed by atoms with Crippen LogP contribution in [-0.4, -0.2) is 21.9 Å². The van der Waals surface area contributed by atoms with Crippen molar-refractivity contribution in [3.8, 4) is 22.8 Å². The second-order valence-corrected chi connectivity index (χ2v) is 5.65. The van der Waals surface area contributed by atoms with Crippen LogP contribution < -0.4 is 10.4 Å². The van der Waals surface area contributed by atoms with Crippen molar-refractivity contribution in [2.24, 2.45) is 0 Å². The number of nitrogens with one attached hydrogen (secondary N) is 1. The maximum atomic E-state index is 13.1. The molecule has 1 heterocycles. The number of alkyl halides is 6. The lowest BCUT2D eigenvalue weighted by Gasteiger charge is -2.14. The lowest BCUT2D eigenvalue weighted by molar-refractivity contribution is -0.138. The summed E-state index contributed by atoms with van der Waals surface area (Å²) >= 11 is 0. The summed E-state index contributed by atoms with van der Waals surface area (Å²) < 4.78 is 83.2. The Morgan fingerprint density at radius 2 is 1.50 bits per heavy atom. The number of hydrogen-bond acceptors (Lipinski definition) is 3. The number of rotatable bonds is 3. The Balaban J connectivity index is 2.18. The van der Waals surface area contributed by atoms with E-state index in [9.17, 15) is 31.1 Å². The number of halogens is 6. The molecule has 11 heteroatoms. The number of hydrogen-bond donors (Lipinski definition) is 1. The first kappa shape index (κ1) is 19.5. The topological polar surface area (TPSA) is 59.9 Å². The number of aromatic amines is 1. The van der Waals surface area contributed by atoms with Crippen molar-refractivity contribution < 1.29 is 31.1 Å². The third-order valence-corrected chi connectivity index (χ3v) is 3.89. The van der Waals surface area contributed by atoms with Gasteiger partial charge in [0.2, 0.25) is 0 Å².